The molecule has 0 heterocycles. The zero-order valence-electron chi connectivity index (χ0n) is 9.01. The Morgan fingerprint density at radius 1 is 1.31 bits per heavy atom. The van der Waals surface area contributed by atoms with Gasteiger partial charge in [0.05, 0.1) is 0 Å². The molecule has 2 unspecified atom stereocenters. The van der Waals surface area contributed by atoms with Crippen LogP contribution in [0.1, 0.15) is 32.6 Å². The highest BCUT2D eigenvalue weighted by atomic mass is 32.2. The van der Waals surface area contributed by atoms with Crippen LogP contribution in [-0.2, 0) is 0 Å². The van der Waals surface area contributed by atoms with E-state index in [1.54, 1.807) is 0 Å². The van der Waals surface area contributed by atoms with E-state index in [9.17, 15) is 0 Å². The molecule has 0 radical (unpaired) electrons. The maximum Gasteiger partial charge on any atom is -0.00179 e. The lowest BCUT2D eigenvalue weighted by Crippen LogP contribution is -2.35. The molecule has 1 saturated carbocycles. The van der Waals surface area contributed by atoms with Crippen molar-refractivity contribution in [3.05, 3.63) is 0 Å². The fourth-order valence-corrected chi connectivity index (χ4v) is 2.56. The number of rotatable bonds is 7. The maximum absolute atomic E-state index is 3.54. The molecule has 0 spiro atoms. The van der Waals surface area contributed by atoms with Gasteiger partial charge in [0.25, 0.3) is 0 Å². The number of nitrogens with one attached hydrogen (secondary N) is 1. The average Bonchev–Trinajstić information content (AvgIpc) is 2.11. The van der Waals surface area contributed by atoms with Crippen molar-refractivity contribution >= 4 is 11.8 Å². The van der Waals surface area contributed by atoms with E-state index < -0.39 is 0 Å². The van der Waals surface area contributed by atoms with Crippen molar-refractivity contribution in [3.8, 4) is 0 Å². The van der Waals surface area contributed by atoms with Crippen LogP contribution in [0.4, 0.5) is 0 Å². The third-order valence-corrected chi connectivity index (χ3v) is 3.74. The third-order valence-electron chi connectivity index (χ3n) is 3.10. The molecule has 13 heavy (non-hydrogen) atoms. The topological polar surface area (TPSA) is 12.0 Å². The Bertz CT molecular complexity index is 127. The van der Waals surface area contributed by atoms with Crippen LogP contribution in [0.3, 0.4) is 0 Å². The maximum atomic E-state index is 3.54. The number of hydrogen-bond acceptors (Lipinski definition) is 2. The SMILES string of the molecule is CCCNCC1CCC1CCSC. The third kappa shape index (κ3) is 3.90. The lowest BCUT2D eigenvalue weighted by molar-refractivity contribution is 0.168. The van der Waals surface area contributed by atoms with Crippen molar-refractivity contribution < 1.29 is 0 Å². The lowest BCUT2D eigenvalue weighted by Gasteiger charge is -2.37. The van der Waals surface area contributed by atoms with Crippen LogP contribution in [0, 0.1) is 11.8 Å². The summed E-state index contributed by atoms with van der Waals surface area (Å²) in [6.07, 6.45) is 7.87. The normalized spacial score (nSPS) is 27.2. The van der Waals surface area contributed by atoms with Crippen molar-refractivity contribution in [1.29, 1.82) is 0 Å². The van der Waals surface area contributed by atoms with E-state index in [1.165, 1.54) is 44.5 Å². The molecule has 1 aliphatic carbocycles. The second-order valence-electron chi connectivity index (χ2n) is 4.08. The van der Waals surface area contributed by atoms with Gasteiger partial charge < -0.3 is 5.32 Å². The quantitative estimate of drug-likeness (QED) is 0.636. The summed E-state index contributed by atoms with van der Waals surface area (Å²) in [6.45, 7) is 4.71. The van der Waals surface area contributed by atoms with E-state index >= 15 is 0 Å². The molecule has 0 amide bonds. The smallest absolute Gasteiger partial charge is 0.00179 e. The Morgan fingerprint density at radius 2 is 2.08 bits per heavy atom. The highest BCUT2D eigenvalue weighted by Gasteiger charge is 2.29. The summed E-state index contributed by atoms with van der Waals surface area (Å²) in [5, 5.41) is 3.54. The van der Waals surface area contributed by atoms with E-state index in [2.05, 4.69) is 18.5 Å². The molecule has 1 nitrogen and oxygen atoms in total. The van der Waals surface area contributed by atoms with Gasteiger partial charge in [-0.1, -0.05) is 6.92 Å². The van der Waals surface area contributed by atoms with Gasteiger partial charge in [-0.05, 0) is 62.6 Å². The molecule has 1 N–H and O–H groups in total. The first-order valence-electron chi connectivity index (χ1n) is 5.58. The summed E-state index contributed by atoms with van der Waals surface area (Å²) in [4.78, 5) is 0. The van der Waals surface area contributed by atoms with Gasteiger partial charge in [0.1, 0.15) is 0 Å². The van der Waals surface area contributed by atoms with E-state index in [0.29, 0.717) is 0 Å². The van der Waals surface area contributed by atoms with Crippen molar-refractivity contribution in [2.45, 2.75) is 32.6 Å². The predicted molar refractivity (Wildman–Crippen MR) is 62.4 cm³/mol. The van der Waals surface area contributed by atoms with Crippen molar-refractivity contribution in [3.63, 3.8) is 0 Å². The first kappa shape index (κ1) is 11.4. The average molecular weight is 201 g/mol. The summed E-state index contributed by atoms with van der Waals surface area (Å²) < 4.78 is 0. The highest BCUT2D eigenvalue weighted by Crippen LogP contribution is 2.36. The molecule has 1 fully saturated rings. The molecule has 1 rings (SSSR count). The first-order valence-corrected chi connectivity index (χ1v) is 6.97. The van der Waals surface area contributed by atoms with Crippen molar-refractivity contribution in [1.82, 2.24) is 5.32 Å². The van der Waals surface area contributed by atoms with Gasteiger partial charge in [-0.15, -0.1) is 0 Å². The van der Waals surface area contributed by atoms with Crippen molar-refractivity contribution in [2.75, 3.05) is 25.1 Å². The molecule has 0 aromatic heterocycles. The minimum atomic E-state index is 0.999. The van der Waals surface area contributed by atoms with Crippen LogP contribution < -0.4 is 5.32 Å². The molecule has 0 aromatic rings. The van der Waals surface area contributed by atoms with Gasteiger partial charge in [-0.2, -0.15) is 11.8 Å². The van der Waals surface area contributed by atoms with Crippen molar-refractivity contribution in [2.24, 2.45) is 11.8 Å². The highest BCUT2D eigenvalue weighted by molar-refractivity contribution is 7.98. The van der Waals surface area contributed by atoms with E-state index in [4.69, 9.17) is 0 Å². The zero-order valence-corrected chi connectivity index (χ0v) is 9.83. The minimum absolute atomic E-state index is 0.999. The van der Waals surface area contributed by atoms with Crippen LogP contribution in [0.15, 0.2) is 0 Å². The summed E-state index contributed by atoms with van der Waals surface area (Å²) in [7, 11) is 0. The molecule has 0 aromatic carbocycles. The Balaban J connectivity index is 1.99. The monoisotopic (exact) mass is 201 g/mol. The Hall–Kier alpha value is 0.310. The summed E-state index contributed by atoms with van der Waals surface area (Å²) in [5.74, 6) is 3.39. The lowest BCUT2D eigenvalue weighted by atomic mass is 9.72. The van der Waals surface area contributed by atoms with Gasteiger partial charge >= 0.3 is 0 Å². The van der Waals surface area contributed by atoms with E-state index in [1.807, 2.05) is 11.8 Å². The molecule has 0 bridgehead atoms. The van der Waals surface area contributed by atoms with Crippen LogP contribution >= 0.6 is 11.8 Å². The molecule has 2 heteroatoms. The van der Waals surface area contributed by atoms with Crippen LogP contribution in [0.25, 0.3) is 0 Å². The zero-order chi connectivity index (χ0) is 9.52. The fraction of sp³-hybridized carbons (Fsp3) is 1.00. The molecule has 2 atom stereocenters. The Kier molecular flexibility index (Phi) is 5.88. The molecule has 0 aliphatic heterocycles. The van der Waals surface area contributed by atoms with E-state index in [0.717, 1.165) is 11.8 Å². The van der Waals surface area contributed by atoms with Gasteiger partial charge in [0, 0.05) is 0 Å². The Morgan fingerprint density at radius 3 is 2.62 bits per heavy atom. The number of hydrogen-bond donors (Lipinski definition) is 1. The summed E-state index contributed by atoms with van der Waals surface area (Å²) >= 11 is 1.99. The van der Waals surface area contributed by atoms with Crippen LogP contribution in [0.2, 0.25) is 0 Å². The molecule has 0 saturated heterocycles. The molecule has 78 valence electrons. The summed E-state index contributed by atoms with van der Waals surface area (Å²) in [5.41, 5.74) is 0. The van der Waals surface area contributed by atoms with Gasteiger partial charge in [0.15, 0.2) is 0 Å². The van der Waals surface area contributed by atoms with Crippen LogP contribution in [0.5, 0.6) is 0 Å². The van der Waals surface area contributed by atoms with Gasteiger partial charge in [-0.3, -0.25) is 0 Å². The van der Waals surface area contributed by atoms with Gasteiger partial charge in [0.2, 0.25) is 0 Å². The predicted octanol–water partition coefficient (Wildman–Crippen LogP) is 2.77. The standard InChI is InChI=1S/C11H23NS/c1-3-7-12-9-11-5-4-10(11)6-8-13-2/h10-12H,3-9H2,1-2H3. The largest absolute Gasteiger partial charge is 0.316 e. The first-order chi connectivity index (χ1) is 6.38. The molecular formula is C11H23NS. The fourth-order valence-electron chi connectivity index (χ4n) is 2.02. The second kappa shape index (κ2) is 6.72. The van der Waals surface area contributed by atoms with Gasteiger partial charge in [-0.25, -0.2) is 0 Å². The van der Waals surface area contributed by atoms with E-state index in [-0.39, 0.29) is 0 Å². The molecule has 1 aliphatic rings. The minimum Gasteiger partial charge on any atom is -0.316 e. The second-order valence-corrected chi connectivity index (χ2v) is 5.07. The summed E-state index contributed by atoms with van der Waals surface area (Å²) in [6, 6.07) is 0. The molecular weight excluding hydrogens is 178 g/mol. The van der Waals surface area contributed by atoms with Crippen LogP contribution in [-0.4, -0.2) is 25.1 Å². The Labute approximate surface area is 87.1 Å². The number of thioether (sulfide) groups is 1.